The van der Waals surface area contributed by atoms with Gasteiger partial charge < -0.3 is 5.32 Å². The molecule has 0 heterocycles. The maximum atomic E-state index is 5.87. The maximum Gasteiger partial charge on any atom is 0.0406 e. The molecule has 2 heteroatoms. The van der Waals surface area contributed by atoms with Crippen molar-refractivity contribution in [2.45, 2.75) is 25.7 Å². The summed E-state index contributed by atoms with van der Waals surface area (Å²) in [5, 5.41) is 4.32. The summed E-state index contributed by atoms with van der Waals surface area (Å²) in [5.41, 5.74) is 2.75. The van der Waals surface area contributed by atoms with Crippen LogP contribution in [0, 0.1) is 0 Å². The normalized spacial score (nSPS) is 12.3. The minimum atomic E-state index is 0.610. The van der Waals surface area contributed by atoms with Gasteiger partial charge in [-0.05, 0) is 55.1 Å². The molecular formula is C18H22ClN. The van der Waals surface area contributed by atoms with Crippen LogP contribution in [0.3, 0.4) is 0 Å². The van der Waals surface area contributed by atoms with Gasteiger partial charge in [-0.3, -0.25) is 0 Å². The molecule has 0 bridgehead atoms. The van der Waals surface area contributed by atoms with Gasteiger partial charge >= 0.3 is 0 Å². The molecule has 0 fully saturated rings. The van der Waals surface area contributed by atoms with E-state index < -0.39 is 0 Å². The number of rotatable bonds is 7. The standard InChI is InChI=1S/C18H22ClN/c1-15(17-5-3-2-4-6-17)11-13-20-14-12-16-7-9-18(19)10-8-16/h2-10,15,20H,11-14H2,1H3. The lowest BCUT2D eigenvalue weighted by Gasteiger charge is -2.12. The molecule has 0 saturated carbocycles. The molecule has 0 aliphatic heterocycles. The van der Waals surface area contributed by atoms with E-state index in [-0.39, 0.29) is 0 Å². The van der Waals surface area contributed by atoms with Crippen LogP contribution in [-0.4, -0.2) is 13.1 Å². The summed E-state index contributed by atoms with van der Waals surface area (Å²) in [5.74, 6) is 0.610. The van der Waals surface area contributed by atoms with Crippen LogP contribution in [0.5, 0.6) is 0 Å². The van der Waals surface area contributed by atoms with Gasteiger partial charge in [0.05, 0.1) is 0 Å². The van der Waals surface area contributed by atoms with Gasteiger partial charge in [-0.2, -0.15) is 0 Å². The molecule has 0 aliphatic rings. The fourth-order valence-electron chi connectivity index (χ4n) is 2.28. The molecule has 0 amide bonds. The Hall–Kier alpha value is -1.31. The molecule has 2 aromatic carbocycles. The quantitative estimate of drug-likeness (QED) is 0.730. The molecule has 0 saturated heterocycles. The van der Waals surface area contributed by atoms with Gasteiger partial charge in [0.2, 0.25) is 0 Å². The predicted molar refractivity (Wildman–Crippen MR) is 87.5 cm³/mol. The lowest BCUT2D eigenvalue weighted by molar-refractivity contribution is 0.595. The molecule has 1 nitrogen and oxygen atoms in total. The largest absolute Gasteiger partial charge is 0.316 e. The van der Waals surface area contributed by atoms with Crippen LogP contribution in [0.25, 0.3) is 0 Å². The van der Waals surface area contributed by atoms with Crippen molar-refractivity contribution in [3.63, 3.8) is 0 Å². The molecule has 0 spiro atoms. The van der Waals surface area contributed by atoms with E-state index in [1.165, 1.54) is 17.5 Å². The molecule has 106 valence electrons. The summed E-state index contributed by atoms with van der Waals surface area (Å²) >= 11 is 5.87. The van der Waals surface area contributed by atoms with Crippen LogP contribution in [0.4, 0.5) is 0 Å². The van der Waals surface area contributed by atoms with Gasteiger partial charge in [-0.25, -0.2) is 0 Å². The van der Waals surface area contributed by atoms with E-state index in [1.807, 2.05) is 12.1 Å². The summed E-state index contributed by atoms with van der Waals surface area (Å²) in [6.07, 6.45) is 2.22. The van der Waals surface area contributed by atoms with E-state index in [4.69, 9.17) is 11.6 Å². The minimum absolute atomic E-state index is 0.610. The second-order valence-electron chi connectivity index (χ2n) is 5.23. The Morgan fingerprint density at radius 1 is 0.950 bits per heavy atom. The molecule has 0 aliphatic carbocycles. The molecule has 0 radical (unpaired) electrons. The van der Waals surface area contributed by atoms with Gasteiger partial charge in [0.1, 0.15) is 0 Å². The van der Waals surface area contributed by atoms with Crippen molar-refractivity contribution in [3.8, 4) is 0 Å². The number of nitrogens with one attached hydrogen (secondary N) is 1. The Balaban J connectivity index is 1.63. The Morgan fingerprint density at radius 2 is 1.65 bits per heavy atom. The van der Waals surface area contributed by atoms with Crippen LogP contribution >= 0.6 is 11.6 Å². The van der Waals surface area contributed by atoms with Gasteiger partial charge in [0.15, 0.2) is 0 Å². The topological polar surface area (TPSA) is 12.0 Å². The SMILES string of the molecule is CC(CCNCCc1ccc(Cl)cc1)c1ccccc1. The average molecular weight is 288 g/mol. The van der Waals surface area contributed by atoms with Gasteiger partial charge in [-0.1, -0.05) is 61.0 Å². The Morgan fingerprint density at radius 3 is 2.35 bits per heavy atom. The fraction of sp³-hybridized carbons (Fsp3) is 0.333. The first-order valence-corrected chi connectivity index (χ1v) is 7.63. The molecular weight excluding hydrogens is 266 g/mol. The molecule has 2 rings (SSSR count). The average Bonchev–Trinajstić information content (AvgIpc) is 2.49. The first kappa shape index (κ1) is 15.1. The lowest BCUT2D eigenvalue weighted by Crippen LogP contribution is -2.19. The van der Waals surface area contributed by atoms with E-state index in [2.05, 4.69) is 54.7 Å². The highest BCUT2D eigenvalue weighted by atomic mass is 35.5. The molecule has 20 heavy (non-hydrogen) atoms. The van der Waals surface area contributed by atoms with Gasteiger partial charge in [0, 0.05) is 5.02 Å². The number of benzene rings is 2. The van der Waals surface area contributed by atoms with E-state index in [0.29, 0.717) is 5.92 Å². The Labute approximate surface area is 127 Å². The van der Waals surface area contributed by atoms with Crippen LogP contribution in [0.2, 0.25) is 5.02 Å². The summed E-state index contributed by atoms with van der Waals surface area (Å²) < 4.78 is 0. The minimum Gasteiger partial charge on any atom is -0.316 e. The third-order valence-electron chi connectivity index (χ3n) is 3.63. The van der Waals surface area contributed by atoms with Crippen molar-refractivity contribution < 1.29 is 0 Å². The van der Waals surface area contributed by atoms with Crippen LogP contribution in [0.15, 0.2) is 54.6 Å². The summed E-state index contributed by atoms with van der Waals surface area (Å²) in [7, 11) is 0. The van der Waals surface area contributed by atoms with Crippen LogP contribution in [-0.2, 0) is 6.42 Å². The molecule has 1 N–H and O–H groups in total. The van der Waals surface area contributed by atoms with E-state index in [9.17, 15) is 0 Å². The first-order valence-electron chi connectivity index (χ1n) is 7.26. The second kappa shape index (κ2) is 8.08. The Kier molecular flexibility index (Phi) is 6.10. The van der Waals surface area contributed by atoms with Crippen molar-refractivity contribution in [3.05, 3.63) is 70.7 Å². The second-order valence-corrected chi connectivity index (χ2v) is 5.66. The van der Waals surface area contributed by atoms with Gasteiger partial charge in [0.25, 0.3) is 0 Å². The van der Waals surface area contributed by atoms with E-state index >= 15 is 0 Å². The summed E-state index contributed by atoms with van der Waals surface area (Å²) in [6, 6.07) is 18.8. The molecule has 0 aromatic heterocycles. The Bertz CT molecular complexity index is 493. The highest BCUT2D eigenvalue weighted by molar-refractivity contribution is 6.30. The lowest BCUT2D eigenvalue weighted by atomic mass is 9.98. The van der Waals surface area contributed by atoms with Crippen LogP contribution < -0.4 is 5.32 Å². The highest BCUT2D eigenvalue weighted by Gasteiger charge is 2.03. The summed E-state index contributed by atoms with van der Waals surface area (Å²) in [4.78, 5) is 0. The third kappa shape index (κ3) is 4.99. The van der Waals surface area contributed by atoms with Crippen LogP contribution in [0.1, 0.15) is 30.4 Å². The zero-order chi connectivity index (χ0) is 14.2. The monoisotopic (exact) mass is 287 g/mol. The zero-order valence-corrected chi connectivity index (χ0v) is 12.7. The van der Waals surface area contributed by atoms with Crippen molar-refractivity contribution >= 4 is 11.6 Å². The zero-order valence-electron chi connectivity index (χ0n) is 12.0. The number of halogens is 1. The molecule has 1 atom stereocenters. The van der Waals surface area contributed by atoms with Crippen molar-refractivity contribution in [2.75, 3.05) is 13.1 Å². The van der Waals surface area contributed by atoms with E-state index in [1.54, 1.807) is 0 Å². The van der Waals surface area contributed by atoms with Crippen molar-refractivity contribution in [1.29, 1.82) is 0 Å². The third-order valence-corrected chi connectivity index (χ3v) is 3.88. The molecule has 1 unspecified atom stereocenters. The van der Waals surface area contributed by atoms with E-state index in [0.717, 1.165) is 24.5 Å². The van der Waals surface area contributed by atoms with Crippen molar-refractivity contribution in [1.82, 2.24) is 5.32 Å². The fourth-order valence-corrected chi connectivity index (χ4v) is 2.40. The highest BCUT2D eigenvalue weighted by Crippen LogP contribution is 2.17. The van der Waals surface area contributed by atoms with Gasteiger partial charge in [-0.15, -0.1) is 0 Å². The molecule has 2 aromatic rings. The maximum absolute atomic E-state index is 5.87. The summed E-state index contributed by atoms with van der Waals surface area (Å²) in [6.45, 7) is 4.36. The predicted octanol–water partition coefficient (Wildman–Crippen LogP) is 4.67. The number of hydrogen-bond acceptors (Lipinski definition) is 1. The number of hydrogen-bond donors (Lipinski definition) is 1. The smallest absolute Gasteiger partial charge is 0.0406 e. The van der Waals surface area contributed by atoms with Crippen molar-refractivity contribution in [2.24, 2.45) is 0 Å². The first-order chi connectivity index (χ1) is 9.75.